The van der Waals surface area contributed by atoms with Gasteiger partial charge in [-0.1, -0.05) is 0 Å². The van der Waals surface area contributed by atoms with Gasteiger partial charge in [0.1, 0.15) is 0 Å². The quantitative estimate of drug-likeness (QED) is 0.444. The third kappa shape index (κ3) is 3.26. The summed E-state index contributed by atoms with van der Waals surface area (Å²) in [5, 5.41) is 23.9. The Labute approximate surface area is 124 Å². The minimum atomic E-state index is -0.692. The van der Waals surface area contributed by atoms with Crippen LogP contribution < -0.4 is 11.0 Å². The standard InChI is InChI=1S/C13H13N5O4/c1-7-8(2)15-13(16-12(7)20)17-14-6-9-3-4-11(19)10(5-9)18(21)22/h3-6,19H,1-2H3,(H2,15,16,17,20)/b14-6-. The number of hydrogen-bond acceptors (Lipinski definition) is 7. The Bertz CT molecular complexity index is 813. The number of hydrazone groups is 1. The molecule has 0 aliphatic carbocycles. The van der Waals surface area contributed by atoms with E-state index in [-0.39, 0.29) is 11.5 Å². The number of phenolic OH excluding ortho intramolecular Hbond substituents is 1. The summed E-state index contributed by atoms with van der Waals surface area (Å²) < 4.78 is 0. The molecule has 3 N–H and O–H groups in total. The number of phenols is 1. The number of rotatable bonds is 4. The van der Waals surface area contributed by atoms with E-state index in [4.69, 9.17) is 0 Å². The number of nitrogens with one attached hydrogen (secondary N) is 2. The van der Waals surface area contributed by atoms with E-state index in [1.54, 1.807) is 13.8 Å². The fraction of sp³-hybridized carbons (Fsp3) is 0.154. The van der Waals surface area contributed by atoms with Gasteiger partial charge in [-0.2, -0.15) is 5.10 Å². The van der Waals surface area contributed by atoms with Crippen molar-refractivity contribution < 1.29 is 10.0 Å². The van der Waals surface area contributed by atoms with E-state index in [0.29, 0.717) is 16.8 Å². The van der Waals surface area contributed by atoms with Crippen molar-refractivity contribution in [2.24, 2.45) is 5.10 Å². The number of nitrogens with zero attached hydrogens (tertiary/aromatic N) is 3. The van der Waals surface area contributed by atoms with E-state index < -0.39 is 16.4 Å². The average molecular weight is 303 g/mol. The zero-order valence-electron chi connectivity index (χ0n) is 11.8. The van der Waals surface area contributed by atoms with Crippen LogP contribution in [0.25, 0.3) is 0 Å². The molecule has 0 aliphatic heterocycles. The Hall–Kier alpha value is -3.23. The minimum Gasteiger partial charge on any atom is -0.502 e. The summed E-state index contributed by atoms with van der Waals surface area (Å²) in [6.07, 6.45) is 1.31. The predicted molar refractivity (Wildman–Crippen MR) is 80.3 cm³/mol. The van der Waals surface area contributed by atoms with Crippen LogP contribution in [-0.4, -0.2) is 26.2 Å². The van der Waals surface area contributed by atoms with Gasteiger partial charge in [-0.05, 0) is 26.0 Å². The summed E-state index contributed by atoms with van der Waals surface area (Å²) in [5.41, 5.74) is 3.34. The van der Waals surface area contributed by atoms with Gasteiger partial charge in [0.25, 0.3) is 5.56 Å². The summed E-state index contributed by atoms with van der Waals surface area (Å²) >= 11 is 0. The molecule has 2 aromatic rings. The molecular formula is C13H13N5O4. The summed E-state index contributed by atoms with van der Waals surface area (Å²) in [4.78, 5) is 28.2. The number of anilines is 1. The number of nitro groups is 1. The van der Waals surface area contributed by atoms with Crippen LogP contribution in [0.15, 0.2) is 28.1 Å². The zero-order valence-corrected chi connectivity index (χ0v) is 11.8. The Morgan fingerprint density at radius 3 is 2.82 bits per heavy atom. The lowest BCUT2D eigenvalue weighted by Crippen LogP contribution is -2.15. The fourth-order valence-corrected chi connectivity index (χ4v) is 1.63. The van der Waals surface area contributed by atoms with Gasteiger partial charge < -0.3 is 5.11 Å². The highest BCUT2D eigenvalue weighted by molar-refractivity contribution is 5.81. The lowest BCUT2D eigenvalue weighted by molar-refractivity contribution is -0.385. The third-order valence-electron chi connectivity index (χ3n) is 2.97. The van der Waals surface area contributed by atoms with Gasteiger partial charge in [-0.3, -0.25) is 19.9 Å². The molecule has 1 heterocycles. The molecule has 0 fully saturated rings. The number of benzene rings is 1. The molecular weight excluding hydrogens is 290 g/mol. The zero-order chi connectivity index (χ0) is 16.3. The molecule has 114 valence electrons. The van der Waals surface area contributed by atoms with Crippen molar-refractivity contribution in [3.05, 3.63) is 55.5 Å². The SMILES string of the molecule is Cc1nc(N/N=C\c2ccc(O)c([N+](=O)[O-])c2)[nH]c(=O)c1C. The number of aromatic hydroxyl groups is 1. The van der Waals surface area contributed by atoms with Gasteiger partial charge in [0.15, 0.2) is 5.75 Å². The molecule has 0 atom stereocenters. The normalized spacial score (nSPS) is 10.8. The van der Waals surface area contributed by atoms with E-state index in [2.05, 4.69) is 20.5 Å². The van der Waals surface area contributed by atoms with Crippen LogP contribution in [0.4, 0.5) is 11.6 Å². The topological polar surface area (TPSA) is 134 Å². The van der Waals surface area contributed by atoms with Crippen LogP contribution in [0.2, 0.25) is 0 Å². The van der Waals surface area contributed by atoms with Crippen LogP contribution >= 0.6 is 0 Å². The Morgan fingerprint density at radius 1 is 1.45 bits per heavy atom. The first-order chi connectivity index (χ1) is 10.4. The van der Waals surface area contributed by atoms with Crippen LogP contribution in [0, 0.1) is 24.0 Å². The van der Waals surface area contributed by atoms with E-state index in [1.807, 2.05) is 0 Å². The molecule has 9 nitrogen and oxygen atoms in total. The second kappa shape index (κ2) is 6.04. The van der Waals surface area contributed by atoms with Gasteiger partial charge in [0, 0.05) is 22.9 Å². The molecule has 0 unspecified atom stereocenters. The van der Waals surface area contributed by atoms with E-state index in [0.717, 1.165) is 0 Å². The molecule has 0 spiro atoms. The monoisotopic (exact) mass is 303 g/mol. The fourth-order valence-electron chi connectivity index (χ4n) is 1.63. The molecule has 22 heavy (non-hydrogen) atoms. The summed E-state index contributed by atoms with van der Waals surface area (Å²) in [7, 11) is 0. The number of aromatic nitrogens is 2. The number of aryl methyl sites for hydroxylation is 1. The Kier molecular flexibility index (Phi) is 4.16. The van der Waals surface area contributed by atoms with Crippen molar-refractivity contribution in [1.29, 1.82) is 0 Å². The lowest BCUT2D eigenvalue weighted by atomic mass is 10.2. The first-order valence-corrected chi connectivity index (χ1v) is 6.22. The van der Waals surface area contributed by atoms with Crippen LogP contribution in [0.1, 0.15) is 16.8 Å². The minimum absolute atomic E-state index is 0.164. The van der Waals surface area contributed by atoms with Crippen molar-refractivity contribution >= 4 is 17.9 Å². The van der Waals surface area contributed by atoms with Gasteiger partial charge in [-0.15, -0.1) is 0 Å². The summed E-state index contributed by atoms with van der Waals surface area (Å²) in [6.45, 7) is 3.35. The first-order valence-electron chi connectivity index (χ1n) is 6.22. The Morgan fingerprint density at radius 2 is 2.18 bits per heavy atom. The van der Waals surface area contributed by atoms with Gasteiger partial charge >= 0.3 is 5.69 Å². The average Bonchev–Trinajstić information content (AvgIpc) is 2.46. The summed E-state index contributed by atoms with van der Waals surface area (Å²) in [6, 6.07) is 3.84. The van der Waals surface area contributed by atoms with Crippen LogP contribution in [0.5, 0.6) is 5.75 Å². The molecule has 1 aromatic carbocycles. The highest BCUT2D eigenvalue weighted by atomic mass is 16.6. The molecule has 0 bridgehead atoms. The lowest BCUT2D eigenvalue weighted by Gasteiger charge is -2.02. The van der Waals surface area contributed by atoms with Crippen molar-refractivity contribution in [2.45, 2.75) is 13.8 Å². The van der Waals surface area contributed by atoms with E-state index >= 15 is 0 Å². The largest absolute Gasteiger partial charge is 0.502 e. The molecule has 0 saturated carbocycles. The smallest absolute Gasteiger partial charge is 0.311 e. The number of aromatic amines is 1. The molecule has 1 aromatic heterocycles. The first kappa shape index (κ1) is 15.2. The summed E-state index contributed by atoms with van der Waals surface area (Å²) in [5.74, 6) is -0.257. The van der Waals surface area contributed by atoms with Crippen molar-refractivity contribution in [1.82, 2.24) is 9.97 Å². The van der Waals surface area contributed by atoms with Crippen molar-refractivity contribution in [2.75, 3.05) is 5.43 Å². The number of H-pyrrole nitrogens is 1. The molecule has 0 aliphatic rings. The van der Waals surface area contributed by atoms with E-state index in [9.17, 15) is 20.0 Å². The number of hydrogen-bond donors (Lipinski definition) is 3. The highest BCUT2D eigenvalue weighted by Gasteiger charge is 2.12. The second-order valence-electron chi connectivity index (χ2n) is 4.50. The highest BCUT2D eigenvalue weighted by Crippen LogP contribution is 2.25. The Balaban J connectivity index is 2.18. The molecule has 0 saturated heterocycles. The van der Waals surface area contributed by atoms with Crippen LogP contribution in [-0.2, 0) is 0 Å². The maximum absolute atomic E-state index is 11.6. The molecule has 0 radical (unpaired) electrons. The van der Waals surface area contributed by atoms with Gasteiger partial charge in [0.2, 0.25) is 5.95 Å². The third-order valence-corrected chi connectivity index (χ3v) is 2.97. The molecule has 9 heteroatoms. The van der Waals surface area contributed by atoms with E-state index in [1.165, 1.54) is 24.4 Å². The molecule has 0 amide bonds. The molecule has 2 rings (SSSR count). The van der Waals surface area contributed by atoms with Gasteiger partial charge in [0.05, 0.1) is 11.1 Å². The second-order valence-corrected chi connectivity index (χ2v) is 4.50. The maximum atomic E-state index is 11.6. The van der Waals surface area contributed by atoms with Crippen molar-refractivity contribution in [3.63, 3.8) is 0 Å². The predicted octanol–water partition coefficient (Wildman–Crippen LogP) is 1.45. The van der Waals surface area contributed by atoms with Crippen molar-refractivity contribution in [3.8, 4) is 5.75 Å². The maximum Gasteiger partial charge on any atom is 0.311 e. The van der Waals surface area contributed by atoms with Gasteiger partial charge in [-0.25, -0.2) is 10.4 Å². The van der Waals surface area contributed by atoms with Crippen LogP contribution in [0.3, 0.4) is 0 Å². The number of nitro benzene ring substituents is 1.